The Bertz CT molecular complexity index is 904. The molecule has 0 aromatic heterocycles. The van der Waals surface area contributed by atoms with Crippen LogP contribution in [-0.2, 0) is 9.53 Å². The van der Waals surface area contributed by atoms with Gasteiger partial charge in [0.15, 0.2) is 0 Å². The second-order valence-corrected chi connectivity index (χ2v) is 6.63. The molecule has 28 heavy (non-hydrogen) atoms. The fraction of sp³-hybridized carbons (Fsp3) is 0.286. The first-order chi connectivity index (χ1) is 13.5. The van der Waals surface area contributed by atoms with Crippen molar-refractivity contribution in [3.05, 3.63) is 53.6 Å². The summed E-state index contributed by atoms with van der Waals surface area (Å²) in [5.74, 6) is -0.995. The van der Waals surface area contributed by atoms with E-state index in [-0.39, 0.29) is 11.8 Å². The summed E-state index contributed by atoms with van der Waals surface area (Å²) in [5.41, 5.74) is 2.74. The number of hydrogen-bond acceptors (Lipinski definition) is 5. The molecule has 0 saturated carbocycles. The van der Waals surface area contributed by atoms with Gasteiger partial charge in [0.25, 0.3) is 5.91 Å². The number of methoxy groups -OCH3 is 1. The summed E-state index contributed by atoms with van der Waals surface area (Å²) < 4.78 is 4.79. The number of esters is 1. The van der Waals surface area contributed by atoms with E-state index in [1.54, 1.807) is 36.4 Å². The first kappa shape index (κ1) is 19.4. The number of nitrogens with one attached hydrogen (secondary N) is 2. The summed E-state index contributed by atoms with van der Waals surface area (Å²) in [4.78, 5) is 38.2. The Morgan fingerprint density at radius 2 is 1.71 bits per heavy atom. The van der Waals surface area contributed by atoms with Gasteiger partial charge < -0.3 is 20.3 Å². The first-order valence-corrected chi connectivity index (χ1v) is 9.14. The number of ether oxygens (including phenoxy) is 1. The second-order valence-electron chi connectivity index (χ2n) is 6.63. The van der Waals surface area contributed by atoms with Crippen LogP contribution in [0, 0.1) is 0 Å². The highest BCUT2D eigenvalue weighted by atomic mass is 16.5. The summed E-state index contributed by atoms with van der Waals surface area (Å²) in [6, 6.07) is 11.9. The van der Waals surface area contributed by atoms with Gasteiger partial charge in [0.05, 0.1) is 24.0 Å². The van der Waals surface area contributed by atoms with Crippen molar-refractivity contribution in [1.29, 1.82) is 0 Å². The fourth-order valence-corrected chi connectivity index (χ4v) is 3.25. The van der Waals surface area contributed by atoms with Crippen molar-refractivity contribution in [3.8, 4) is 0 Å². The number of amides is 2. The van der Waals surface area contributed by atoms with Gasteiger partial charge in [-0.3, -0.25) is 9.59 Å². The fourth-order valence-electron chi connectivity index (χ4n) is 3.25. The largest absolute Gasteiger partial charge is 0.465 e. The zero-order valence-electron chi connectivity index (χ0n) is 16.0. The minimum absolute atomic E-state index is 0.209. The summed E-state index contributed by atoms with van der Waals surface area (Å²) >= 11 is 0. The van der Waals surface area contributed by atoms with Crippen LogP contribution in [0.15, 0.2) is 42.5 Å². The maximum absolute atomic E-state index is 12.8. The molecule has 2 amide bonds. The molecular formula is C21H23N3O4. The quantitative estimate of drug-likeness (QED) is 0.776. The highest BCUT2D eigenvalue weighted by Gasteiger charge is 2.19. The van der Waals surface area contributed by atoms with Gasteiger partial charge in [-0.15, -0.1) is 0 Å². The Hall–Kier alpha value is -3.35. The van der Waals surface area contributed by atoms with Crippen molar-refractivity contribution in [2.24, 2.45) is 0 Å². The zero-order valence-corrected chi connectivity index (χ0v) is 16.0. The molecule has 0 aliphatic carbocycles. The van der Waals surface area contributed by atoms with Gasteiger partial charge in [-0.25, -0.2) is 4.79 Å². The molecule has 3 rings (SSSR count). The van der Waals surface area contributed by atoms with Crippen molar-refractivity contribution in [3.63, 3.8) is 0 Å². The molecule has 1 fully saturated rings. The number of carbonyl (C=O) groups excluding carboxylic acids is 3. The van der Waals surface area contributed by atoms with Crippen molar-refractivity contribution < 1.29 is 19.1 Å². The summed E-state index contributed by atoms with van der Waals surface area (Å²) in [6.45, 7) is 3.21. The Balaban J connectivity index is 1.89. The number of carbonyl (C=O) groups is 3. The molecule has 1 saturated heterocycles. The summed E-state index contributed by atoms with van der Waals surface area (Å²) in [5, 5.41) is 5.57. The Labute approximate surface area is 163 Å². The predicted molar refractivity (Wildman–Crippen MR) is 108 cm³/mol. The molecule has 0 bridgehead atoms. The second kappa shape index (κ2) is 8.56. The van der Waals surface area contributed by atoms with E-state index in [0.717, 1.165) is 31.6 Å². The van der Waals surface area contributed by atoms with E-state index in [4.69, 9.17) is 4.74 Å². The lowest BCUT2D eigenvalue weighted by Gasteiger charge is -2.22. The smallest absolute Gasteiger partial charge is 0.337 e. The van der Waals surface area contributed by atoms with Gasteiger partial charge >= 0.3 is 5.97 Å². The zero-order chi connectivity index (χ0) is 20.1. The Kier molecular flexibility index (Phi) is 5.93. The number of rotatable bonds is 5. The Morgan fingerprint density at radius 1 is 0.964 bits per heavy atom. The third-order valence-corrected chi connectivity index (χ3v) is 4.56. The van der Waals surface area contributed by atoms with Gasteiger partial charge in [0.2, 0.25) is 5.91 Å². The molecule has 2 N–H and O–H groups in total. The molecule has 7 nitrogen and oxygen atoms in total. The van der Waals surface area contributed by atoms with E-state index < -0.39 is 5.97 Å². The first-order valence-electron chi connectivity index (χ1n) is 9.14. The van der Waals surface area contributed by atoms with Gasteiger partial charge in [0, 0.05) is 31.3 Å². The number of nitrogens with zero attached hydrogens (tertiary/aromatic N) is 1. The van der Waals surface area contributed by atoms with Gasteiger partial charge in [-0.05, 0) is 49.2 Å². The summed E-state index contributed by atoms with van der Waals surface area (Å²) in [7, 11) is 1.32. The van der Waals surface area contributed by atoms with Gasteiger partial charge in [-0.1, -0.05) is 6.07 Å². The standard InChI is InChI=1S/C21H23N3O4/c1-14(25)22-17-7-5-6-15(12-17)20(26)23-18-13-16(21(27)28-2)8-9-19(18)24-10-3-4-11-24/h5-9,12-13H,3-4,10-11H2,1-2H3,(H,22,25)(H,23,26). The number of benzene rings is 2. The van der Waals surface area contributed by atoms with Crippen LogP contribution in [0.2, 0.25) is 0 Å². The molecule has 1 aliphatic rings. The van der Waals surface area contributed by atoms with E-state index in [1.165, 1.54) is 14.0 Å². The lowest BCUT2D eigenvalue weighted by Crippen LogP contribution is -2.21. The average molecular weight is 381 g/mol. The predicted octanol–water partition coefficient (Wildman–Crippen LogP) is 3.28. The molecule has 0 radical (unpaired) electrons. The highest BCUT2D eigenvalue weighted by Crippen LogP contribution is 2.31. The monoisotopic (exact) mass is 381 g/mol. The van der Waals surface area contributed by atoms with E-state index >= 15 is 0 Å². The minimum atomic E-state index is -0.462. The number of hydrogen-bond donors (Lipinski definition) is 2. The molecule has 7 heteroatoms. The highest BCUT2D eigenvalue weighted by molar-refractivity contribution is 6.07. The van der Waals surface area contributed by atoms with Crippen LogP contribution in [-0.4, -0.2) is 38.0 Å². The van der Waals surface area contributed by atoms with E-state index in [0.29, 0.717) is 22.5 Å². The third kappa shape index (κ3) is 4.49. The molecule has 2 aromatic carbocycles. The topological polar surface area (TPSA) is 87.7 Å². The van der Waals surface area contributed by atoms with Crippen LogP contribution >= 0.6 is 0 Å². The van der Waals surface area contributed by atoms with Crippen LogP contribution in [0.25, 0.3) is 0 Å². The van der Waals surface area contributed by atoms with Crippen LogP contribution in [0.3, 0.4) is 0 Å². The maximum atomic E-state index is 12.8. The molecule has 1 heterocycles. The Morgan fingerprint density at radius 3 is 2.39 bits per heavy atom. The molecule has 0 spiro atoms. The molecular weight excluding hydrogens is 358 g/mol. The SMILES string of the molecule is COC(=O)c1ccc(N2CCCC2)c(NC(=O)c2cccc(NC(C)=O)c2)c1. The third-order valence-electron chi connectivity index (χ3n) is 4.56. The van der Waals surface area contributed by atoms with Gasteiger partial charge in [0.1, 0.15) is 0 Å². The van der Waals surface area contributed by atoms with Crippen molar-refractivity contribution in [2.75, 3.05) is 35.7 Å². The van der Waals surface area contributed by atoms with Gasteiger partial charge in [-0.2, -0.15) is 0 Å². The van der Waals surface area contributed by atoms with Crippen molar-refractivity contribution in [2.45, 2.75) is 19.8 Å². The maximum Gasteiger partial charge on any atom is 0.337 e. The van der Waals surface area contributed by atoms with Crippen LogP contribution in [0.5, 0.6) is 0 Å². The summed E-state index contributed by atoms with van der Waals surface area (Å²) in [6.07, 6.45) is 2.18. The van der Waals surface area contributed by atoms with Crippen LogP contribution in [0.1, 0.15) is 40.5 Å². The molecule has 0 unspecified atom stereocenters. The lowest BCUT2D eigenvalue weighted by atomic mass is 10.1. The molecule has 0 atom stereocenters. The van der Waals surface area contributed by atoms with Crippen molar-refractivity contribution in [1.82, 2.24) is 0 Å². The average Bonchev–Trinajstić information content (AvgIpc) is 3.21. The molecule has 146 valence electrons. The number of anilines is 3. The normalized spacial score (nSPS) is 13.1. The van der Waals surface area contributed by atoms with E-state index in [1.807, 2.05) is 6.07 Å². The minimum Gasteiger partial charge on any atom is -0.465 e. The molecule has 1 aliphatic heterocycles. The van der Waals surface area contributed by atoms with Crippen molar-refractivity contribution >= 4 is 34.8 Å². The van der Waals surface area contributed by atoms with E-state index in [2.05, 4.69) is 15.5 Å². The van der Waals surface area contributed by atoms with Crippen LogP contribution in [0.4, 0.5) is 17.1 Å². The van der Waals surface area contributed by atoms with E-state index in [9.17, 15) is 14.4 Å². The lowest BCUT2D eigenvalue weighted by molar-refractivity contribution is -0.114. The molecule has 2 aromatic rings. The van der Waals surface area contributed by atoms with Crippen LogP contribution < -0.4 is 15.5 Å².